The predicted octanol–water partition coefficient (Wildman–Crippen LogP) is 4.66. The summed E-state index contributed by atoms with van der Waals surface area (Å²) in [5.41, 5.74) is 3.68. The molecule has 6 nitrogen and oxygen atoms in total. The number of carbonyl (C=O) groups excluding carboxylic acids is 2. The summed E-state index contributed by atoms with van der Waals surface area (Å²) in [7, 11) is 1.77. The molecule has 0 N–H and O–H groups in total. The molecule has 0 fully saturated rings. The van der Waals surface area contributed by atoms with Crippen LogP contribution in [0, 0.1) is 0 Å². The van der Waals surface area contributed by atoms with E-state index in [2.05, 4.69) is 12.1 Å². The van der Waals surface area contributed by atoms with Gasteiger partial charge in [0.2, 0.25) is 5.76 Å². The largest absolute Gasteiger partial charge is 0.450 e. The Labute approximate surface area is 181 Å². The molecule has 6 heteroatoms. The molecule has 0 aliphatic heterocycles. The molecule has 0 unspecified atom stereocenters. The van der Waals surface area contributed by atoms with Crippen LogP contribution >= 0.6 is 0 Å². The van der Waals surface area contributed by atoms with Crippen LogP contribution in [0.25, 0.3) is 11.0 Å². The van der Waals surface area contributed by atoms with Crippen LogP contribution in [0.1, 0.15) is 53.1 Å². The number of rotatable bonds is 7. The second-order valence-corrected chi connectivity index (χ2v) is 7.73. The lowest BCUT2D eigenvalue weighted by Gasteiger charge is -2.33. The monoisotopic (exact) mass is 421 g/mol. The maximum absolute atomic E-state index is 12.8. The summed E-state index contributed by atoms with van der Waals surface area (Å²) in [4.78, 5) is 27.3. The Morgan fingerprint density at radius 2 is 1.90 bits per heavy atom. The third-order valence-corrected chi connectivity index (χ3v) is 5.86. The van der Waals surface area contributed by atoms with E-state index in [1.165, 1.54) is 11.1 Å². The highest BCUT2D eigenvalue weighted by molar-refractivity contribution is 5.96. The number of carbonyl (C=O) groups is 2. The number of ether oxygens (including phenoxy) is 2. The van der Waals surface area contributed by atoms with Crippen molar-refractivity contribution in [3.63, 3.8) is 0 Å². The standard InChI is InChI=1S/C25H27NO5/c1-3-29-15-20-19-12-6-7-14-22(19)31-24(20)25(28)30-16-23(27)26(2)21-13-8-10-17-9-4-5-11-18(17)21/h4-7,9,11-12,14,21H,3,8,10,13,15-16H2,1-2H3/t21-/m0/s1. The first-order chi connectivity index (χ1) is 15.1. The minimum absolute atomic E-state index is 0.00383. The molecule has 1 aliphatic rings. The van der Waals surface area contributed by atoms with Gasteiger partial charge in [-0.25, -0.2) is 4.79 Å². The smallest absolute Gasteiger partial charge is 0.375 e. The molecule has 1 aromatic heterocycles. The van der Waals surface area contributed by atoms with Crippen LogP contribution < -0.4 is 0 Å². The lowest BCUT2D eigenvalue weighted by molar-refractivity contribution is -0.135. The maximum Gasteiger partial charge on any atom is 0.375 e. The van der Waals surface area contributed by atoms with Gasteiger partial charge in [0.25, 0.3) is 5.91 Å². The lowest BCUT2D eigenvalue weighted by Crippen LogP contribution is -2.36. The summed E-state index contributed by atoms with van der Waals surface area (Å²) < 4.78 is 16.6. The number of aryl methyl sites for hydroxylation is 1. The molecule has 0 bridgehead atoms. The molecule has 31 heavy (non-hydrogen) atoms. The fraction of sp³-hybridized carbons (Fsp3) is 0.360. The Hall–Kier alpha value is -3.12. The molecule has 4 rings (SSSR count). The molecule has 0 spiro atoms. The highest BCUT2D eigenvalue weighted by Crippen LogP contribution is 2.33. The zero-order chi connectivity index (χ0) is 21.8. The van der Waals surface area contributed by atoms with E-state index >= 15 is 0 Å². The summed E-state index contributed by atoms with van der Waals surface area (Å²) in [6, 6.07) is 15.6. The third kappa shape index (κ3) is 4.35. The molecule has 2 aromatic carbocycles. The van der Waals surface area contributed by atoms with Crippen molar-refractivity contribution in [3.8, 4) is 0 Å². The Balaban J connectivity index is 1.46. The van der Waals surface area contributed by atoms with Crippen molar-refractivity contribution >= 4 is 22.8 Å². The van der Waals surface area contributed by atoms with Gasteiger partial charge in [0.05, 0.1) is 12.6 Å². The SMILES string of the molecule is CCOCc1c(C(=O)OCC(=O)N(C)[C@H]2CCCc3ccccc32)oc2ccccc12. The summed E-state index contributed by atoms with van der Waals surface area (Å²) >= 11 is 0. The average molecular weight is 421 g/mol. The van der Waals surface area contributed by atoms with Crippen LogP contribution in [0.4, 0.5) is 0 Å². The highest BCUT2D eigenvalue weighted by atomic mass is 16.5. The van der Waals surface area contributed by atoms with Crippen LogP contribution in [-0.4, -0.2) is 37.0 Å². The summed E-state index contributed by atoms with van der Waals surface area (Å²) in [5.74, 6) is -0.803. The number of benzene rings is 2. The molecule has 1 aliphatic carbocycles. The number of hydrogen-bond donors (Lipinski definition) is 0. The van der Waals surface area contributed by atoms with Crippen molar-refractivity contribution in [2.75, 3.05) is 20.3 Å². The molecule has 162 valence electrons. The van der Waals surface area contributed by atoms with Crippen molar-refractivity contribution in [1.82, 2.24) is 4.90 Å². The first-order valence-corrected chi connectivity index (χ1v) is 10.7. The van der Waals surface area contributed by atoms with Crippen LogP contribution in [-0.2, 0) is 27.3 Å². The fourth-order valence-corrected chi connectivity index (χ4v) is 4.21. The van der Waals surface area contributed by atoms with Gasteiger partial charge in [0.1, 0.15) is 5.58 Å². The normalized spacial score (nSPS) is 15.5. The van der Waals surface area contributed by atoms with E-state index in [-0.39, 0.29) is 30.9 Å². The van der Waals surface area contributed by atoms with Crippen molar-refractivity contribution in [2.24, 2.45) is 0 Å². The fourth-order valence-electron chi connectivity index (χ4n) is 4.21. The Morgan fingerprint density at radius 1 is 1.13 bits per heavy atom. The first kappa shape index (κ1) is 21.1. The molecule has 0 radical (unpaired) electrons. The molecule has 3 aromatic rings. The van der Waals surface area contributed by atoms with Gasteiger partial charge < -0.3 is 18.8 Å². The lowest BCUT2D eigenvalue weighted by atomic mass is 9.87. The number of hydrogen-bond acceptors (Lipinski definition) is 5. The Bertz CT molecular complexity index is 1090. The summed E-state index contributed by atoms with van der Waals surface area (Å²) in [6.45, 7) is 2.31. The minimum atomic E-state index is -0.656. The van der Waals surface area contributed by atoms with Crippen molar-refractivity contribution < 1.29 is 23.5 Å². The zero-order valence-corrected chi connectivity index (χ0v) is 17.9. The number of fused-ring (bicyclic) bond motifs is 2. The number of nitrogens with zero attached hydrogens (tertiary/aromatic N) is 1. The van der Waals surface area contributed by atoms with Gasteiger partial charge >= 0.3 is 5.97 Å². The van der Waals surface area contributed by atoms with Crippen molar-refractivity contribution in [2.45, 2.75) is 38.8 Å². The Kier molecular flexibility index (Phi) is 6.37. The van der Waals surface area contributed by atoms with E-state index in [0.29, 0.717) is 17.8 Å². The number of furan rings is 1. The van der Waals surface area contributed by atoms with E-state index in [4.69, 9.17) is 13.9 Å². The number of para-hydroxylation sites is 1. The van der Waals surface area contributed by atoms with Crippen LogP contribution in [0.15, 0.2) is 52.9 Å². The van der Waals surface area contributed by atoms with Crippen molar-refractivity contribution in [1.29, 1.82) is 0 Å². The van der Waals surface area contributed by atoms with E-state index in [0.717, 1.165) is 24.6 Å². The third-order valence-electron chi connectivity index (χ3n) is 5.86. The van der Waals surface area contributed by atoms with Gasteiger partial charge in [-0.15, -0.1) is 0 Å². The maximum atomic E-state index is 12.8. The van der Waals surface area contributed by atoms with Gasteiger partial charge in [-0.3, -0.25) is 4.79 Å². The topological polar surface area (TPSA) is 69.0 Å². The van der Waals surface area contributed by atoms with E-state index < -0.39 is 5.97 Å². The van der Waals surface area contributed by atoms with Gasteiger partial charge in [-0.1, -0.05) is 42.5 Å². The van der Waals surface area contributed by atoms with Gasteiger partial charge in [0.15, 0.2) is 6.61 Å². The van der Waals surface area contributed by atoms with Gasteiger partial charge in [-0.2, -0.15) is 0 Å². The second kappa shape index (κ2) is 9.35. The van der Waals surface area contributed by atoms with Crippen molar-refractivity contribution in [3.05, 3.63) is 71.0 Å². The molecule has 1 heterocycles. The number of amides is 1. The molecule has 0 saturated carbocycles. The average Bonchev–Trinajstić information content (AvgIpc) is 3.18. The van der Waals surface area contributed by atoms with Crippen LogP contribution in [0.3, 0.4) is 0 Å². The minimum Gasteiger partial charge on any atom is -0.450 e. The molecule has 1 atom stereocenters. The number of likely N-dealkylation sites (N-methyl/N-ethyl adjacent to an activating group) is 1. The predicted molar refractivity (Wildman–Crippen MR) is 117 cm³/mol. The molecule has 1 amide bonds. The van der Waals surface area contributed by atoms with E-state index in [9.17, 15) is 9.59 Å². The summed E-state index contributed by atoms with van der Waals surface area (Å²) in [5, 5.41) is 0.810. The quantitative estimate of drug-likeness (QED) is 0.519. The second-order valence-electron chi connectivity index (χ2n) is 7.73. The zero-order valence-electron chi connectivity index (χ0n) is 17.9. The molecular weight excluding hydrogens is 394 g/mol. The molecule has 0 saturated heterocycles. The van der Waals surface area contributed by atoms with Gasteiger partial charge in [-0.05, 0) is 43.4 Å². The van der Waals surface area contributed by atoms with Crippen LogP contribution in [0.2, 0.25) is 0 Å². The Morgan fingerprint density at radius 3 is 2.74 bits per heavy atom. The van der Waals surface area contributed by atoms with E-state index in [1.54, 1.807) is 18.0 Å². The van der Waals surface area contributed by atoms with E-state index in [1.807, 2.05) is 37.3 Å². The van der Waals surface area contributed by atoms with Crippen LogP contribution in [0.5, 0.6) is 0 Å². The van der Waals surface area contributed by atoms with Gasteiger partial charge in [0, 0.05) is 24.6 Å². The summed E-state index contributed by atoms with van der Waals surface area (Å²) in [6.07, 6.45) is 2.95. The first-order valence-electron chi connectivity index (χ1n) is 10.7. The molecular formula is C25H27NO5. The number of esters is 1. The highest BCUT2D eigenvalue weighted by Gasteiger charge is 2.28.